The molecule has 0 spiro atoms. The number of benzene rings is 3. The zero-order valence-corrected chi connectivity index (χ0v) is 19.4. The highest BCUT2D eigenvalue weighted by Gasteiger charge is 2.20. The summed E-state index contributed by atoms with van der Waals surface area (Å²) in [5, 5.41) is 2.60. The number of nitrogens with zero attached hydrogens (tertiary/aromatic N) is 2. The lowest BCUT2D eigenvalue weighted by Gasteiger charge is -2.32. The van der Waals surface area contributed by atoms with E-state index in [9.17, 15) is 9.59 Å². The molecule has 0 fully saturated rings. The summed E-state index contributed by atoms with van der Waals surface area (Å²) in [6, 6.07) is 19.1. The van der Waals surface area contributed by atoms with Crippen molar-refractivity contribution in [3.05, 3.63) is 81.1 Å². The minimum Gasteiger partial charge on any atom is -0.354 e. The first-order chi connectivity index (χ1) is 16.0. The summed E-state index contributed by atoms with van der Waals surface area (Å²) in [6.07, 6.45) is 2.14. The predicted octanol–water partition coefficient (Wildman–Crippen LogP) is 5.79. The monoisotopic (exact) mass is 439 g/mol. The number of hydrogen-bond acceptors (Lipinski definition) is 3. The summed E-state index contributed by atoms with van der Waals surface area (Å²) in [4.78, 5) is 32.8. The smallest absolute Gasteiger partial charge is 0.197 e. The van der Waals surface area contributed by atoms with Gasteiger partial charge in [0.25, 0.3) is 0 Å². The number of nitrogens with one attached hydrogen (secondary N) is 1. The van der Waals surface area contributed by atoms with Crippen molar-refractivity contribution in [1.29, 1.82) is 0 Å². The molecule has 2 heterocycles. The van der Waals surface area contributed by atoms with E-state index in [2.05, 4.69) is 35.2 Å². The van der Waals surface area contributed by atoms with Gasteiger partial charge in [-0.15, -0.1) is 0 Å². The van der Waals surface area contributed by atoms with Gasteiger partial charge in [-0.25, -0.2) is 0 Å². The van der Waals surface area contributed by atoms with Crippen LogP contribution in [0.5, 0.6) is 0 Å². The molecule has 168 valence electrons. The van der Waals surface area contributed by atoms with E-state index >= 15 is 0 Å². The highest BCUT2D eigenvalue weighted by molar-refractivity contribution is 6.03. The zero-order chi connectivity index (χ0) is 23.1. The van der Waals surface area contributed by atoms with E-state index in [1.54, 1.807) is 0 Å². The topological polar surface area (TPSA) is 58.1 Å². The standard InChI is InChI=1S/C28H29N3O2/c1-4-14-30(15-5-2)18(3)31-25-13-9-7-11-20(25)28(33)22-16-24-21(17-26(22)31)27(32)19-10-6-8-12-23(19)29-24/h6-13,16-18H,4-5,14-15H2,1-3H3,(H,29,32). The third-order valence-corrected chi connectivity index (χ3v) is 6.66. The van der Waals surface area contributed by atoms with Gasteiger partial charge >= 0.3 is 0 Å². The highest BCUT2D eigenvalue weighted by Crippen LogP contribution is 2.28. The Bertz CT molecular complexity index is 1610. The Hall–Kier alpha value is -3.44. The van der Waals surface area contributed by atoms with Crippen molar-refractivity contribution in [2.45, 2.75) is 39.8 Å². The average molecular weight is 440 g/mol. The van der Waals surface area contributed by atoms with Gasteiger partial charge < -0.3 is 9.55 Å². The third kappa shape index (κ3) is 3.44. The van der Waals surface area contributed by atoms with Gasteiger partial charge in [0.1, 0.15) is 0 Å². The molecule has 2 aromatic heterocycles. The maximum Gasteiger partial charge on any atom is 0.197 e. The molecular formula is C28H29N3O2. The predicted molar refractivity (Wildman–Crippen MR) is 138 cm³/mol. The second-order valence-corrected chi connectivity index (χ2v) is 8.80. The Morgan fingerprint density at radius 2 is 1.39 bits per heavy atom. The van der Waals surface area contributed by atoms with E-state index in [1.165, 1.54) is 0 Å². The van der Waals surface area contributed by atoms with Crippen molar-refractivity contribution in [2.75, 3.05) is 13.1 Å². The molecule has 5 nitrogen and oxygen atoms in total. The van der Waals surface area contributed by atoms with Crippen LogP contribution in [0.15, 0.2) is 70.3 Å². The minimum atomic E-state index is -0.0139. The second-order valence-electron chi connectivity index (χ2n) is 8.80. The lowest BCUT2D eigenvalue weighted by atomic mass is 10.0. The summed E-state index contributed by atoms with van der Waals surface area (Å²) in [7, 11) is 0. The lowest BCUT2D eigenvalue weighted by molar-refractivity contribution is 0.161. The number of hydrogen-bond donors (Lipinski definition) is 1. The third-order valence-electron chi connectivity index (χ3n) is 6.66. The number of aromatic nitrogens is 2. The molecule has 0 aliphatic rings. The Morgan fingerprint density at radius 1 is 0.758 bits per heavy atom. The first kappa shape index (κ1) is 21.4. The van der Waals surface area contributed by atoms with Crippen LogP contribution in [-0.2, 0) is 0 Å². The van der Waals surface area contributed by atoms with Gasteiger partial charge in [0, 0.05) is 27.1 Å². The molecule has 1 N–H and O–H groups in total. The molecule has 0 saturated heterocycles. The lowest BCUT2D eigenvalue weighted by Crippen LogP contribution is -2.33. The number of fused-ring (bicyclic) bond motifs is 4. The minimum absolute atomic E-state index is 0.00232. The average Bonchev–Trinajstić information content (AvgIpc) is 2.83. The zero-order valence-electron chi connectivity index (χ0n) is 19.4. The Balaban J connectivity index is 1.93. The fourth-order valence-electron chi connectivity index (χ4n) is 5.12. The molecule has 5 rings (SSSR count). The molecule has 0 bridgehead atoms. The molecule has 5 aromatic rings. The van der Waals surface area contributed by atoms with Crippen molar-refractivity contribution in [3.63, 3.8) is 0 Å². The van der Waals surface area contributed by atoms with Crippen LogP contribution in [0.25, 0.3) is 43.6 Å². The normalized spacial score (nSPS) is 13.0. The van der Waals surface area contributed by atoms with E-state index < -0.39 is 0 Å². The quantitative estimate of drug-likeness (QED) is 0.341. The fourth-order valence-corrected chi connectivity index (χ4v) is 5.12. The number of aromatic amines is 1. The molecule has 3 aromatic carbocycles. The van der Waals surface area contributed by atoms with Crippen LogP contribution in [0.2, 0.25) is 0 Å². The van der Waals surface area contributed by atoms with Crippen molar-refractivity contribution < 1.29 is 0 Å². The van der Waals surface area contributed by atoms with E-state index in [-0.39, 0.29) is 17.0 Å². The van der Waals surface area contributed by atoms with Crippen molar-refractivity contribution in [1.82, 2.24) is 14.5 Å². The molecule has 1 unspecified atom stereocenters. The number of H-pyrrole nitrogens is 1. The van der Waals surface area contributed by atoms with Gasteiger partial charge in [-0.1, -0.05) is 38.1 Å². The molecule has 0 radical (unpaired) electrons. The molecule has 0 amide bonds. The fraction of sp³-hybridized carbons (Fsp3) is 0.286. The van der Waals surface area contributed by atoms with Gasteiger partial charge in [-0.05, 0) is 69.3 Å². The highest BCUT2D eigenvalue weighted by atomic mass is 16.1. The summed E-state index contributed by atoms with van der Waals surface area (Å²) in [5.41, 5.74) is 3.16. The van der Waals surface area contributed by atoms with Gasteiger partial charge in [0.2, 0.25) is 0 Å². The molecule has 0 aliphatic carbocycles. The summed E-state index contributed by atoms with van der Waals surface area (Å²) >= 11 is 0. The first-order valence-electron chi connectivity index (χ1n) is 11.8. The maximum atomic E-state index is 13.6. The van der Waals surface area contributed by atoms with Gasteiger partial charge in [0.05, 0.1) is 22.7 Å². The van der Waals surface area contributed by atoms with Crippen LogP contribution in [0, 0.1) is 0 Å². The molecule has 0 saturated carbocycles. The van der Waals surface area contributed by atoms with Crippen LogP contribution < -0.4 is 10.9 Å². The van der Waals surface area contributed by atoms with Crippen LogP contribution in [-0.4, -0.2) is 27.5 Å². The Morgan fingerprint density at radius 3 is 2.12 bits per heavy atom. The van der Waals surface area contributed by atoms with Crippen LogP contribution in [0.4, 0.5) is 0 Å². The van der Waals surface area contributed by atoms with E-state index in [0.29, 0.717) is 27.1 Å². The Kier molecular flexibility index (Phi) is 5.51. The first-order valence-corrected chi connectivity index (χ1v) is 11.8. The van der Waals surface area contributed by atoms with Crippen molar-refractivity contribution in [3.8, 4) is 0 Å². The molecular weight excluding hydrogens is 410 g/mol. The summed E-state index contributed by atoms with van der Waals surface area (Å²) in [6.45, 7) is 8.51. The number of rotatable bonds is 6. The van der Waals surface area contributed by atoms with Gasteiger partial charge in [0.15, 0.2) is 10.9 Å². The maximum absolute atomic E-state index is 13.6. The summed E-state index contributed by atoms with van der Waals surface area (Å²) in [5.74, 6) is 0. The van der Waals surface area contributed by atoms with E-state index in [4.69, 9.17) is 0 Å². The van der Waals surface area contributed by atoms with Crippen LogP contribution in [0.1, 0.15) is 39.8 Å². The largest absolute Gasteiger partial charge is 0.354 e. The molecule has 5 heteroatoms. The molecule has 33 heavy (non-hydrogen) atoms. The van der Waals surface area contributed by atoms with Crippen molar-refractivity contribution in [2.24, 2.45) is 0 Å². The van der Waals surface area contributed by atoms with Gasteiger partial charge in [-0.2, -0.15) is 0 Å². The molecule has 0 aliphatic heterocycles. The molecule has 1 atom stereocenters. The van der Waals surface area contributed by atoms with E-state index in [0.717, 1.165) is 42.5 Å². The van der Waals surface area contributed by atoms with Crippen molar-refractivity contribution >= 4 is 43.6 Å². The van der Waals surface area contributed by atoms with Crippen LogP contribution >= 0.6 is 0 Å². The number of para-hydroxylation sites is 2. The second kappa shape index (κ2) is 8.49. The van der Waals surface area contributed by atoms with Gasteiger partial charge in [-0.3, -0.25) is 14.5 Å². The summed E-state index contributed by atoms with van der Waals surface area (Å²) < 4.78 is 2.24. The Labute approximate surface area is 192 Å². The SMILES string of the molecule is CCCN(CCC)C(C)n1c2ccccc2c(=O)c2cc3[nH]c4ccccc4c(=O)c3cc21. The van der Waals surface area contributed by atoms with Crippen LogP contribution in [0.3, 0.4) is 0 Å². The van der Waals surface area contributed by atoms with E-state index in [1.807, 2.05) is 60.7 Å². The number of pyridine rings is 2.